The van der Waals surface area contributed by atoms with Crippen molar-refractivity contribution in [2.45, 2.75) is 0 Å². The Bertz CT molecular complexity index is 2730. The third-order valence-electron chi connectivity index (χ3n) is 12.7. The molecule has 12 aromatic carbocycles. The Morgan fingerprint density at radius 2 is 0.271 bits per heavy atom. The molecular weight excluding hydrogens is 1810 g/mol. The topological polar surface area (TPSA) is 63.4 Å². The van der Waals surface area contributed by atoms with Gasteiger partial charge in [0.2, 0.25) is 0 Å². The smallest absolute Gasteiger partial charge is 0.0620 e. The molecular formula is C72H67NO3P4PbPt2Se2+4. The molecule has 0 saturated carbocycles. The summed E-state index contributed by atoms with van der Waals surface area (Å²) in [5.41, 5.74) is 0. The molecule has 0 aromatic heterocycles. The number of hydrogen-bond acceptors (Lipinski definition) is 2. The summed E-state index contributed by atoms with van der Waals surface area (Å²) in [4.78, 5) is 8.36. The van der Waals surface area contributed by atoms with Crippen molar-refractivity contribution in [3.8, 4) is 0 Å². The van der Waals surface area contributed by atoms with Crippen LogP contribution in [0.5, 0.6) is 0 Å². The van der Waals surface area contributed by atoms with Crippen LogP contribution in [0.1, 0.15) is 0 Å². The second kappa shape index (κ2) is 42.7. The fourth-order valence-corrected chi connectivity index (χ4v) is 19.6. The average molecular weight is 1870 g/mol. The molecule has 0 unspecified atom stereocenters. The second-order valence-corrected chi connectivity index (χ2v) is 28.1. The Morgan fingerprint density at radius 1 is 0.212 bits per heavy atom. The zero-order chi connectivity index (χ0) is 55.2. The van der Waals surface area contributed by atoms with Gasteiger partial charge in [-0.25, -0.2) is 0 Å². The van der Waals surface area contributed by atoms with Gasteiger partial charge in [0, 0.05) is 69.4 Å². The third-order valence-corrected chi connectivity index (χ3v) is 23.7. The van der Waals surface area contributed by atoms with Gasteiger partial charge >= 0.3 is 34.1 Å². The molecule has 0 amide bonds. The predicted octanol–water partition coefficient (Wildman–Crippen LogP) is 10.7. The van der Waals surface area contributed by atoms with Gasteiger partial charge in [0.15, 0.2) is 0 Å². The van der Waals surface area contributed by atoms with E-state index >= 15 is 0 Å². The Morgan fingerprint density at radius 3 is 0.329 bits per heavy atom. The Hall–Kier alpha value is -5.10. The monoisotopic (exact) mass is 1880 g/mol. The molecule has 0 fully saturated rings. The summed E-state index contributed by atoms with van der Waals surface area (Å²) in [6.45, 7) is 0. The molecule has 4 nitrogen and oxygen atoms in total. The van der Waals surface area contributed by atoms with Gasteiger partial charge in [-0.3, -0.25) is 0 Å². The van der Waals surface area contributed by atoms with Gasteiger partial charge in [0.05, 0.1) is 31.7 Å². The van der Waals surface area contributed by atoms with Gasteiger partial charge in [0.25, 0.3) is 5.09 Å². The molecule has 0 bridgehead atoms. The zero-order valence-corrected chi connectivity index (χ0v) is 62.6. The summed E-state index contributed by atoms with van der Waals surface area (Å²) in [6, 6.07) is 130. The average Bonchev–Trinajstić information content (AvgIpc) is 3.72. The van der Waals surface area contributed by atoms with Crippen molar-refractivity contribution >= 4 is 157 Å². The fraction of sp³-hybridized carbons (Fsp3) is 0. The van der Waals surface area contributed by atoms with E-state index in [0.29, 0.717) is 0 Å². The Kier molecular flexibility index (Phi) is 37.2. The van der Waals surface area contributed by atoms with Gasteiger partial charge < -0.3 is 5.21 Å². The summed E-state index contributed by atoms with van der Waals surface area (Å²) in [5.74, 6) is 0. The maximum absolute atomic E-state index is 8.36. The van der Waals surface area contributed by atoms with Crippen molar-refractivity contribution in [1.29, 1.82) is 0 Å². The van der Waals surface area contributed by atoms with Gasteiger partial charge in [-0.15, -0.1) is 10.1 Å². The molecule has 85 heavy (non-hydrogen) atoms. The van der Waals surface area contributed by atoms with Crippen molar-refractivity contribution < 1.29 is 52.4 Å². The van der Waals surface area contributed by atoms with Crippen LogP contribution in [-0.2, 0) is 42.1 Å². The molecule has 0 heterocycles. The number of nitrogens with zero attached hydrogens (tertiary/aromatic N) is 1. The van der Waals surface area contributed by atoms with Crippen LogP contribution in [-0.4, -0.2) is 71.7 Å². The Labute approximate surface area is 577 Å². The predicted molar refractivity (Wildman–Crippen MR) is 375 cm³/mol. The molecule has 12 rings (SSSR count). The molecule has 6 radical (unpaired) electrons. The van der Waals surface area contributed by atoms with E-state index in [-0.39, 0.29) is 104 Å². The number of hydrogen-bond donors (Lipinski definition) is 1. The summed E-state index contributed by atoms with van der Waals surface area (Å²) < 4.78 is 0. The maximum Gasteiger partial charge on any atom is 0.102 e. The van der Waals surface area contributed by atoms with Crippen LogP contribution in [0.3, 0.4) is 0 Å². The van der Waals surface area contributed by atoms with E-state index in [4.69, 9.17) is 15.3 Å². The molecule has 0 aliphatic rings. The molecule has 0 atom stereocenters. The Balaban J connectivity index is 0.000000285. The van der Waals surface area contributed by atoms with E-state index in [1.807, 2.05) is 0 Å². The minimum atomic E-state index is -1.50. The van der Waals surface area contributed by atoms with Crippen LogP contribution in [0.4, 0.5) is 0 Å². The first kappa shape index (κ1) is 74.2. The molecule has 0 spiro atoms. The molecule has 1 N–H and O–H groups in total. The van der Waals surface area contributed by atoms with Crippen molar-refractivity contribution in [2.75, 3.05) is 0 Å². The quantitative estimate of drug-likeness (QED) is 0.0574. The summed E-state index contributed by atoms with van der Waals surface area (Å²) in [5, 5.41) is 30.9. The molecule has 0 aliphatic carbocycles. The number of benzene rings is 12. The standard InChI is InChI=1S/4C18H15P.HNO3.Pb.2Pt.2HSe/c4*1-4-10-16(11-5-1)19(17-12-6-2-7-13-17)18-14-8-3-9-15-18;2-1(3)4;;;;;/h4*1-15H;(H,2,3,4);;;;2*1H/p+4. The van der Waals surface area contributed by atoms with Crippen LogP contribution in [0, 0.1) is 10.1 Å². The van der Waals surface area contributed by atoms with E-state index in [1.54, 1.807) is 0 Å². The normalized spacial score (nSPS) is 9.74. The minimum Gasteiger partial charge on any atom is -0.0620 e. The van der Waals surface area contributed by atoms with Crippen molar-refractivity contribution in [3.63, 3.8) is 0 Å². The van der Waals surface area contributed by atoms with E-state index in [1.165, 1.54) is 63.7 Å². The van der Waals surface area contributed by atoms with Crippen LogP contribution >= 0.6 is 31.7 Å². The molecule has 430 valence electrons. The third kappa shape index (κ3) is 24.2. The zero-order valence-electron chi connectivity index (χ0n) is 46.4. The summed E-state index contributed by atoms with van der Waals surface area (Å²) in [6.07, 6.45) is 0. The van der Waals surface area contributed by atoms with E-state index in [2.05, 4.69) is 364 Å². The van der Waals surface area contributed by atoms with Gasteiger partial charge in [-0.1, -0.05) is 218 Å². The van der Waals surface area contributed by atoms with Gasteiger partial charge in [-0.2, -0.15) is 0 Å². The maximum atomic E-state index is 8.36. The first-order valence-corrected chi connectivity index (χ1v) is 32.5. The van der Waals surface area contributed by atoms with E-state index in [0.717, 1.165) is 0 Å². The molecule has 0 saturated heterocycles. The first-order valence-electron chi connectivity index (χ1n) is 26.5. The number of rotatable bonds is 12. The first-order chi connectivity index (χ1) is 39.5. The largest absolute Gasteiger partial charge is 0.102 e. The molecule has 13 heteroatoms. The van der Waals surface area contributed by atoms with E-state index in [9.17, 15) is 0 Å². The fourth-order valence-electron chi connectivity index (χ4n) is 9.26. The summed E-state index contributed by atoms with van der Waals surface area (Å²) >= 11 is 0. The SMILES string of the molecule is O=[N+]([O-])O.[Pb].[Pt].[Pt].[SeH].[SeH].c1ccc([PH+](c2ccccc2)c2ccccc2)cc1.c1ccc([PH+](c2ccccc2)c2ccccc2)cc1.c1ccc([PH+](c2ccccc2)c2ccccc2)cc1.c1ccc([PH+](c2ccccc2)c2ccccc2)cc1. The van der Waals surface area contributed by atoms with Gasteiger partial charge in [-0.05, 0) is 146 Å². The van der Waals surface area contributed by atoms with Crippen LogP contribution in [0.15, 0.2) is 364 Å². The summed E-state index contributed by atoms with van der Waals surface area (Å²) in [7, 11) is -3.51. The minimum absolute atomic E-state index is 0. The van der Waals surface area contributed by atoms with E-state index < -0.39 is 36.8 Å². The second-order valence-electron chi connectivity index (χ2n) is 18.1. The van der Waals surface area contributed by atoms with Crippen molar-refractivity contribution in [3.05, 3.63) is 374 Å². The van der Waals surface area contributed by atoms with Crippen molar-refractivity contribution in [2.24, 2.45) is 0 Å². The van der Waals surface area contributed by atoms with Crippen LogP contribution in [0.2, 0.25) is 0 Å². The van der Waals surface area contributed by atoms with Crippen LogP contribution < -0.4 is 63.7 Å². The van der Waals surface area contributed by atoms with Crippen LogP contribution in [0.25, 0.3) is 0 Å². The molecule has 12 aromatic rings. The van der Waals surface area contributed by atoms with Gasteiger partial charge in [0.1, 0.15) is 63.7 Å². The molecule has 0 aliphatic heterocycles. The van der Waals surface area contributed by atoms with Crippen molar-refractivity contribution in [1.82, 2.24) is 0 Å².